The number of nitrogens with zero attached hydrogens (tertiary/aromatic N) is 2. The van der Waals surface area contributed by atoms with Crippen LogP contribution in [0.25, 0.3) is 0 Å². The Morgan fingerprint density at radius 3 is 2.79 bits per heavy atom. The molecule has 0 aliphatic carbocycles. The fraction of sp³-hybridized carbons (Fsp3) is 0.444. The number of nitrogens with two attached hydrogens (primary N) is 1. The highest BCUT2D eigenvalue weighted by molar-refractivity contribution is 5.92. The number of rotatable bonds is 3. The Bertz CT molecular complexity index is 352. The van der Waals surface area contributed by atoms with Crippen molar-refractivity contribution < 1.29 is 9.90 Å². The molecule has 0 saturated carbocycles. The lowest BCUT2D eigenvalue weighted by Crippen LogP contribution is -2.09. The predicted octanol–water partition coefficient (Wildman–Crippen LogP) is 1.27. The Hall–Kier alpha value is -1.65. The van der Waals surface area contributed by atoms with Gasteiger partial charge in [0, 0.05) is 12.1 Å². The van der Waals surface area contributed by atoms with Crippen LogP contribution in [0.2, 0.25) is 0 Å². The maximum absolute atomic E-state index is 10.6. The van der Waals surface area contributed by atoms with Crippen molar-refractivity contribution in [2.24, 2.45) is 0 Å². The van der Waals surface area contributed by atoms with Gasteiger partial charge in [0.05, 0.1) is 0 Å². The number of carbonyl (C=O) groups is 1. The molecule has 1 rings (SSSR count). The average molecular weight is 195 g/mol. The normalized spacial score (nSPS) is 12.4. The summed E-state index contributed by atoms with van der Waals surface area (Å²) < 4.78 is 0. The molecule has 1 aromatic heterocycles. The van der Waals surface area contributed by atoms with E-state index in [0.29, 0.717) is 5.82 Å². The SMILES string of the molecule is CCC(C)c1ncc(C(=O)O)c(N)n1. The van der Waals surface area contributed by atoms with Crippen molar-refractivity contribution in [1.82, 2.24) is 9.97 Å². The van der Waals surface area contributed by atoms with E-state index in [-0.39, 0.29) is 17.3 Å². The van der Waals surface area contributed by atoms with Crippen molar-refractivity contribution >= 4 is 11.8 Å². The van der Waals surface area contributed by atoms with Crippen LogP contribution in [0.1, 0.15) is 42.4 Å². The van der Waals surface area contributed by atoms with Crippen LogP contribution in [-0.2, 0) is 0 Å². The van der Waals surface area contributed by atoms with Crippen LogP contribution in [0, 0.1) is 0 Å². The molecular weight excluding hydrogens is 182 g/mol. The van der Waals surface area contributed by atoms with E-state index in [4.69, 9.17) is 10.8 Å². The van der Waals surface area contributed by atoms with Gasteiger partial charge in [0.25, 0.3) is 0 Å². The van der Waals surface area contributed by atoms with Crippen LogP contribution >= 0.6 is 0 Å². The van der Waals surface area contributed by atoms with E-state index in [9.17, 15) is 4.79 Å². The number of carboxylic acid groups (broad SMARTS) is 1. The van der Waals surface area contributed by atoms with Crippen LogP contribution in [0.4, 0.5) is 5.82 Å². The minimum atomic E-state index is -1.10. The summed E-state index contributed by atoms with van der Waals surface area (Å²) in [5.74, 6) is -0.281. The van der Waals surface area contributed by atoms with Gasteiger partial charge in [0.1, 0.15) is 17.2 Å². The largest absolute Gasteiger partial charge is 0.477 e. The molecule has 3 N–H and O–H groups in total. The molecule has 0 spiro atoms. The monoisotopic (exact) mass is 195 g/mol. The second-order valence-corrected chi connectivity index (χ2v) is 3.14. The van der Waals surface area contributed by atoms with Gasteiger partial charge in [-0.05, 0) is 6.42 Å². The molecule has 14 heavy (non-hydrogen) atoms. The van der Waals surface area contributed by atoms with Gasteiger partial charge < -0.3 is 10.8 Å². The first-order valence-electron chi connectivity index (χ1n) is 4.42. The lowest BCUT2D eigenvalue weighted by Gasteiger charge is -2.07. The molecular formula is C9H13N3O2. The number of nitrogen functional groups attached to an aromatic ring is 1. The van der Waals surface area contributed by atoms with E-state index in [1.165, 1.54) is 6.20 Å². The first-order valence-corrected chi connectivity index (χ1v) is 4.42. The van der Waals surface area contributed by atoms with Crippen molar-refractivity contribution in [2.45, 2.75) is 26.2 Å². The number of carboxylic acids is 1. The predicted molar refractivity (Wildman–Crippen MR) is 52.1 cm³/mol. The first-order chi connectivity index (χ1) is 6.56. The summed E-state index contributed by atoms with van der Waals surface area (Å²) in [6.07, 6.45) is 2.15. The summed E-state index contributed by atoms with van der Waals surface area (Å²) in [5, 5.41) is 8.69. The van der Waals surface area contributed by atoms with Crippen LogP contribution in [0.15, 0.2) is 6.20 Å². The van der Waals surface area contributed by atoms with E-state index in [1.54, 1.807) is 0 Å². The van der Waals surface area contributed by atoms with Crippen LogP contribution < -0.4 is 5.73 Å². The quantitative estimate of drug-likeness (QED) is 0.758. The zero-order valence-electron chi connectivity index (χ0n) is 8.19. The van der Waals surface area contributed by atoms with Gasteiger partial charge in [-0.25, -0.2) is 14.8 Å². The summed E-state index contributed by atoms with van der Waals surface area (Å²) in [6, 6.07) is 0. The fourth-order valence-electron chi connectivity index (χ4n) is 0.994. The second-order valence-electron chi connectivity index (χ2n) is 3.14. The van der Waals surface area contributed by atoms with E-state index in [2.05, 4.69) is 9.97 Å². The molecule has 1 unspecified atom stereocenters. The first kappa shape index (κ1) is 10.4. The van der Waals surface area contributed by atoms with E-state index >= 15 is 0 Å². The number of aromatic nitrogens is 2. The van der Waals surface area contributed by atoms with Gasteiger partial charge in [-0.2, -0.15) is 0 Å². The molecule has 0 fully saturated rings. The highest BCUT2D eigenvalue weighted by atomic mass is 16.4. The zero-order chi connectivity index (χ0) is 10.7. The highest BCUT2D eigenvalue weighted by Gasteiger charge is 2.13. The summed E-state index contributed by atoms with van der Waals surface area (Å²) in [7, 11) is 0. The molecule has 5 heteroatoms. The second kappa shape index (κ2) is 4.04. The number of hydrogen-bond acceptors (Lipinski definition) is 4. The third kappa shape index (κ3) is 1.99. The molecule has 0 aromatic carbocycles. The van der Waals surface area contributed by atoms with Gasteiger partial charge in [0.15, 0.2) is 0 Å². The Morgan fingerprint density at radius 2 is 2.36 bits per heavy atom. The Balaban J connectivity index is 3.06. The number of aromatic carboxylic acids is 1. The van der Waals surface area contributed by atoms with Crippen molar-refractivity contribution in [3.05, 3.63) is 17.6 Å². The maximum atomic E-state index is 10.6. The van der Waals surface area contributed by atoms with Crippen molar-refractivity contribution in [3.63, 3.8) is 0 Å². The summed E-state index contributed by atoms with van der Waals surface area (Å²) in [6.45, 7) is 3.98. The molecule has 0 saturated heterocycles. The maximum Gasteiger partial charge on any atom is 0.341 e. The molecule has 76 valence electrons. The number of anilines is 1. The zero-order valence-corrected chi connectivity index (χ0v) is 8.19. The third-order valence-corrected chi connectivity index (χ3v) is 2.12. The minimum Gasteiger partial charge on any atom is -0.477 e. The van der Waals surface area contributed by atoms with E-state index in [0.717, 1.165) is 6.42 Å². The van der Waals surface area contributed by atoms with Crippen molar-refractivity contribution in [3.8, 4) is 0 Å². The molecule has 5 nitrogen and oxygen atoms in total. The molecule has 1 aromatic rings. The van der Waals surface area contributed by atoms with E-state index < -0.39 is 5.97 Å². The van der Waals surface area contributed by atoms with Gasteiger partial charge in [0.2, 0.25) is 0 Å². The van der Waals surface area contributed by atoms with Gasteiger partial charge in [-0.3, -0.25) is 0 Å². The van der Waals surface area contributed by atoms with Crippen molar-refractivity contribution in [1.29, 1.82) is 0 Å². The Kier molecular flexibility index (Phi) is 3.01. The highest BCUT2D eigenvalue weighted by Crippen LogP contribution is 2.16. The van der Waals surface area contributed by atoms with Gasteiger partial charge in [-0.1, -0.05) is 13.8 Å². The van der Waals surface area contributed by atoms with Crippen LogP contribution in [0.3, 0.4) is 0 Å². The lowest BCUT2D eigenvalue weighted by atomic mass is 10.1. The Labute approximate surface area is 82.0 Å². The smallest absolute Gasteiger partial charge is 0.341 e. The average Bonchev–Trinajstić information content (AvgIpc) is 2.15. The molecule has 0 aliphatic rings. The van der Waals surface area contributed by atoms with Crippen LogP contribution in [0.5, 0.6) is 0 Å². The van der Waals surface area contributed by atoms with Gasteiger partial charge in [-0.15, -0.1) is 0 Å². The topological polar surface area (TPSA) is 89.1 Å². The minimum absolute atomic E-state index is 0.0304. The molecule has 0 radical (unpaired) electrons. The molecule has 0 bridgehead atoms. The van der Waals surface area contributed by atoms with Gasteiger partial charge >= 0.3 is 5.97 Å². The van der Waals surface area contributed by atoms with Crippen LogP contribution in [-0.4, -0.2) is 21.0 Å². The van der Waals surface area contributed by atoms with E-state index in [1.807, 2.05) is 13.8 Å². The molecule has 1 heterocycles. The summed E-state index contributed by atoms with van der Waals surface area (Å²) in [5.41, 5.74) is 5.44. The molecule has 0 amide bonds. The fourth-order valence-corrected chi connectivity index (χ4v) is 0.994. The lowest BCUT2D eigenvalue weighted by molar-refractivity contribution is 0.0697. The summed E-state index contributed by atoms with van der Waals surface area (Å²) in [4.78, 5) is 18.5. The molecule has 0 aliphatic heterocycles. The summed E-state index contributed by atoms with van der Waals surface area (Å²) >= 11 is 0. The standard InChI is InChI=1S/C9H13N3O2/c1-3-5(2)8-11-4-6(9(13)14)7(10)12-8/h4-5H,3H2,1-2H3,(H,13,14)(H2,10,11,12). The van der Waals surface area contributed by atoms with Crippen molar-refractivity contribution in [2.75, 3.05) is 5.73 Å². The third-order valence-electron chi connectivity index (χ3n) is 2.12. The Morgan fingerprint density at radius 1 is 1.71 bits per heavy atom. The number of hydrogen-bond donors (Lipinski definition) is 2. The molecule has 1 atom stereocenters.